The summed E-state index contributed by atoms with van der Waals surface area (Å²) < 4.78 is 22.6. The number of nitrogens with zero attached hydrogens (tertiary/aromatic N) is 1. The highest BCUT2D eigenvalue weighted by atomic mass is 32.2. The highest BCUT2D eigenvalue weighted by Crippen LogP contribution is 2.18. The molecular weight excluding hydrogens is 264 g/mol. The van der Waals surface area contributed by atoms with Crippen molar-refractivity contribution in [3.8, 4) is 0 Å². The first-order valence-electron chi connectivity index (χ1n) is 7.20. The van der Waals surface area contributed by atoms with E-state index in [4.69, 9.17) is 0 Å². The van der Waals surface area contributed by atoms with Gasteiger partial charge in [0, 0.05) is 19.1 Å². The minimum Gasteiger partial charge on any atom is -0.355 e. The predicted molar refractivity (Wildman–Crippen MR) is 74.7 cm³/mol. The smallest absolute Gasteiger partial charge is 0.224 e. The Morgan fingerprint density at radius 2 is 2.11 bits per heavy atom. The molecule has 19 heavy (non-hydrogen) atoms. The zero-order valence-corrected chi connectivity index (χ0v) is 12.4. The average molecular weight is 288 g/mol. The number of carbonyl (C=O) groups excluding carboxylic acids is 1. The van der Waals surface area contributed by atoms with Crippen LogP contribution in [0.15, 0.2) is 0 Å². The zero-order chi connectivity index (χ0) is 13.9. The van der Waals surface area contributed by atoms with Crippen molar-refractivity contribution in [1.82, 2.24) is 10.2 Å². The number of amides is 1. The molecule has 2 saturated heterocycles. The molecule has 1 N–H and O–H groups in total. The van der Waals surface area contributed by atoms with Crippen LogP contribution in [0.5, 0.6) is 0 Å². The molecule has 6 heteroatoms. The highest BCUT2D eigenvalue weighted by molar-refractivity contribution is 7.91. The first kappa shape index (κ1) is 14.8. The molecule has 110 valence electrons. The normalized spacial score (nSPS) is 31.2. The molecule has 2 fully saturated rings. The summed E-state index contributed by atoms with van der Waals surface area (Å²) in [6.45, 7) is 4.82. The minimum atomic E-state index is -2.97. The molecule has 0 spiro atoms. The Morgan fingerprint density at radius 1 is 1.32 bits per heavy atom. The first-order chi connectivity index (χ1) is 8.98. The van der Waals surface area contributed by atoms with E-state index in [1.54, 1.807) is 0 Å². The monoisotopic (exact) mass is 288 g/mol. The molecule has 0 bridgehead atoms. The van der Waals surface area contributed by atoms with Crippen molar-refractivity contribution in [1.29, 1.82) is 0 Å². The maximum Gasteiger partial charge on any atom is 0.224 e. The summed E-state index contributed by atoms with van der Waals surface area (Å²) >= 11 is 0. The Morgan fingerprint density at radius 3 is 2.74 bits per heavy atom. The molecule has 2 heterocycles. The Hall–Kier alpha value is -0.620. The summed E-state index contributed by atoms with van der Waals surface area (Å²) in [4.78, 5) is 14.3. The van der Waals surface area contributed by atoms with E-state index in [-0.39, 0.29) is 23.3 Å². The lowest BCUT2D eigenvalue weighted by Gasteiger charge is -2.33. The van der Waals surface area contributed by atoms with E-state index in [2.05, 4.69) is 17.1 Å². The number of rotatable bonds is 4. The molecule has 0 aliphatic carbocycles. The van der Waals surface area contributed by atoms with Gasteiger partial charge in [0.2, 0.25) is 5.91 Å². The molecule has 0 radical (unpaired) electrons. The van der Waals surface area contributed by atoms with Gasteiger partial charge in [-0.05, 0) is 32.7 Å². The van der Waals surface area contributed by atoms with Gasteiger partial charge in [-0.2, -0.15) is 0 Å². The van der Waals surface area contributed by atoms with Crippen LogP contribution in [0.25, 0.3) is 0 Å². The van der Waals surface area contributed by atoms with Gasteiger partial charge in [0.1, 0.15) is 0 Å². The van der Waals surface area contributed by atoms with Gasteiger partial charge < -0.3 is 5.32 Å². The standard InChI is InChI=1S/C13H24N2O3S/c1-11-4-2-3-7-15(11)8-6-14-13(16)12-5-9-19(17,18)10-12/h11-12H,2-10H2,1H3,(H,14,16). The average Bonchev–Trinajstić information content (AvgIpc) is 2.72. The quantitative estimate of drug-likeness (QED) is 0.814. The molecule has 2 unspecified atom stereocenters. The molecule has 0 saturated carbocycles. The molecule has 2 rings (SSSR count). The molecule has 0 aromatic carbocycles. The fraction of sp³-hybridized carbons (Fsp3) is 0.923. The minimum absolute atomic E-state index is 0.0267. The van der Waals surface area contributed by atoms with Crippen molar-refractivity contribution in [2.75, 3.05) is 31.1 Å². The van der Waals surface area contributed by atoms with E-state index in [0.717, 1.165) is 13.1 Å². The maximum atomic E-state index is 11.9. The van der Waals surface area contributed by atoms with E-state index >= 15 is 0 Å². The maximum absolute atomic E-state index is 11.9. The lowest BCUT2D eigenvalue weighted by atomic mass is 10.0. The second-order valence-corrected chi connectivity index (χ2v) is 8.00. The second kappa shape index (κ2) is 6.22. The molecule has 5 nitrogen and oxygen atoms in total. The second-order valence-electron chi connectivity index (χ2n) is 5.77. The van der Waals surface area contributed by atoms with Gasteiger partial charge in [0.05, 0.1) is 17.4 Å². The van der Waals surface area contributed by atoms with Crippen LogP contribution >= 0.6 is 0 Å². The van der Waals surface area contributed by atoms with Gasteiger partial charge in [-0.3, -0.25) is 9.69 Å². The van der Waals surface area contributed by atoms with Crippen molar-refractivity contribution >= 4 is 15.7 Å². The van der Waals surface area contributed by atoms with Gasteiger partial charge in [-0.25, -0.2) is 8.42 Å². The van der Waals surface area contributed by atoms with Crippen LogP contribution in [0, 0.1) is 5.92 Å². The van der Waals surface area contributed by atoms with Crippen molar-refractivity contribution < 1.29 is 13.2 Å². The SMILES string of the molecule is CC1CCCCN1CCNC(=O)C1CCS(=O)(=O)C1. The zero-order valence-electron chi connectivity index (χ0n) is 11.6. The van der Waals surface area contributed by atoms with Crippen LogP contribution in [0.2, 0.25) is 0 Å². The number of nitrogens with one attached hydrogen (secondary N) is 1. The lowest BCUT2D eigenvalue weighted by molar-refractivity contribution is -0.124. The Balaban J connectivity index is 1.69. The topological polar surface area (TPSA) is 66.5 Å². The van der Waals surface area contributed by atoms with Crippen LogP contribution in [0.4, 0.5) is 0 Å². The van der Waals surface area contributed by atoms with E-state index in [0.29, 0.717) is 19.0 Å². The largest absolute Gasteiger partial charge is 0.355 e. The van der Waals surface area contributed by atoms with Gasteiger partial charge in [-0.1, -0.05) is 6.42 Å². The van der Waals surface area contributed by atoms with E-state index in [1.165, 1.54) is 19.3 Å². The number of carbonyl (C=O) groups is 1. The molecular formula is C13H24N2O3S. The molecule has 2 atom stereocenters. The number of likely N-dealkylation sites (tertiary alicyclic amines) is 1. The summed E-state index contributed by atoms with van der Waals surface area (Å²) in [7, 11) is -2.97. The molecule has 1 amide bonds. The molecule has 0 aromatic rings. The van der Waals surface area contributed by atoms with Crippen molar-refractivity contribution in [2.24, 2.45) is 5.92 Å². The van der Waals surface area contributed by atoms with Gasteiger partial charge in [0.15, 0.2) is 9.84 Å². The number of hydrogen-bond donors (Lipinski definition) is 1. The van der Waals surface area contributed by atoms with Gasteiger partial charge in [-0.15, -0.1) is 0 Å². The summed E-state index contributed by atoms with van der Waals surface area (Å²) in [5.41, 5.74) is 0. The Bertz CT molecular complexity index is 422. The van der Waals surface area contributed by atoms with Crippen molar-refractivity contribution in [2.45, 2.75) is 38.6 Å². The van der Waals surface area contributed by atoms with Crippen molar-refractivity contribution in [3.05, 3.63) is 0 Å². The first-order valence-corrected chi connectivity index (χ1v) is 9.02. The summed E-state index contributed by atoms with van der Waals surface area (Å²) in [5.74, 6) is -0.234. The van der Waals surface area contributed by atoms with E-state index in [9.17, 15) is 13.2 Å². The van der Waals surface area contributed by atoms with Crippen LogP contribution in [0.3, 0.4) is 0 Å². The van der Waals surface area contributed by atoms with E-state index in [1.807, 2.05) is 0 Å². The number of piperidine rings is 1. The van der Waals surface area contributed by atoms with Gasteiger partial charge >= 0.3 is 0 Å². The summed E-state index contributed by atoms with van der Waals surface area (Å²) in [6.07, 6.45) is 4.24. The Kier molecular flexibility index (Phi) is 4.84. The predicted octanol–water partition coefficient (Wildman–Crippen LogP) is 0.412. The molecule has 2 aliphatic heterocycles. The van der Waals surface area contributed by atoms with Crippen LogP contribution in [-0.4, -0.2) is 56.4 Å². The summed E-state index contributed by atoms with van der Waals surface area (Å²) in [5, 5.41) is 2.89. The third-order valence-corrected chi connectivity index (χ3v) is 6.01. The van der Waals surface area contributed by atoms with Crippen molar-refractivity contribution in [3.63, 3.8) is 0 Å². The lowest BCUT2D eigenvalue weighted by Crippen LogP contribution is -2.43. The molecule has 2 aliphatic rings. The fourth-order valence-corrected chi connectivity index (χ4v) is 4.70. The van der Waals surface area contributed by atoms with Crippen LogP contribution in [0.1, 0.15) is 32.6 Å². The summed E-state index contributed by atoms with van der Waals surface area (Å²) in [6, 6.07) is 0.595. The third kappa shape index (κ3) is 4.18. The fourth-order valence-electron chi connectivity index (χ4n) is 2.96. The Labute approximate surface area is 115 Å². The number of sulfone groups is 1. The third-order valence-electron chi connectivity index (χ3n) is 4.24. The van der Waals surface area contributed by atoms with Gasteiger partial charge in [0.25, 0.3) is 0 Å². The van der Waals surface area contributed by atoms with E-state index < -0.39 is 9.84 Å². The molecule has 0 aromatic heterocycles. The van der Waals surface area contributed by atoms with Crippen LogP contribution in [-0.2, 0) is 14.6 Å². The number of hydrogen-bond acceptors (Lipinski definition) is 4. The highest BCUT2D eigenvalue weighted by Gasteiger charge is 2.32. The van der Waals surface area contributed by atoms with Crippen LogP contribution < -0.4 is 5.32 Å².